The van der Waals surface area contributed by atoms with Gasteiger partial charge in [0.15, 0.2) is 6.10 Å². The lowest BCUT2D eigenvalue weighted by Crippen LogP contribution is -2.38. The van der Waals surface area contributed by atoms with E-state index in [9.17, 15) is 4.79 Å². The molecule has 1 amide bonds. The summed E-state index contributed by atoms with van der Waals surface area (Å²) in [6.45, 7) is 3.78. The van der Waals surface area contributed by atoms with Crippen LogP contribution in [-0.4, -0.2) is 12.0 Å². The Morgan fingerprint density at radius 2 is 1.77 bits per heavy atom. The fraction of sp³-hybridized carbons (Fsp3) is 0.278. The van der Waals surface area contributed by atoms with Crippen LogP contribution in [0.25, 0.3) is 0 Å². The van der Waals surface area contributed by atoms with Crippen LogP contribution in [0.4, 0.5) is 0 Å². The Kier molecular flexibility index (Phi) is 5.84. The van der Waals surface area contributed by atoms with Crippen LogP contribution in [0, 0.1) is 0 Å². The molecule has 0 bridgehead atoms. The molecule has 0 radical (unpaired) electrons. The smallest absolute Gasteiger partial charge is 0.261 e. The van der Waals surface area contributed by atoms with Crippen molar-refractivity contribution in [2.75, 3.05) is 0 Å². The van der Waals surface area contributed by atoms with Crippen molar-refractivity contribution in [3.8, 4) is 5.75 Å². The molecule has 0 aliphatic rings. The van der Waals surface area contributed by atoms with Crippen molar-refractivity contribution >= 4 is 17.5 Å². The van der Waals surface area contributed by atoms with Gasteiger partial charge in [-0.15, -0.1) is 0 Å². The molecule has 0 saturated heterocycles. The molecule has 0 aliphatic carbocycles. The maximum atomic E-state index is 12.3. The van der Waals surface area contributed by atoms with E-state index >= 15 is 0 Å². The Morgan fingerprint density at radius 1 is 1.14 bits per heavy atom. The maximum Gasteiger partial charge on any atom is 0.261 e. The van der Waals surface area contributed by atoms with Crippen LogP contribution in [0.1, 0.15) is 31.9 Å². The molecule has 2 aromatic carbocycles. The predicted molar refractivity (Wildman–Crippen MR) is 89.2 cm³/mol. The summed E-state index contributed by atoms with van der Waals surface area (Å²) in [5.41, 5.74) is 1.09. The minimum atomic E-state index is -0.570. The summed E-state index contributed by atoms with van der Waals surface area (Å²) in [5.74, 6) is 0.491. The number of carbonyl (C=O) groups is 1. The highest BCUT2D eigenvalue weighted by Crippen LogP contribution is 2.19. The molecule has 1 N–H and O–H groups in total. The molecule has 2 unspecified atom stereocenters. The molecule has 0 spiro atoms. The maximum absolute atomic E-state index is 12.3. The number of benzene rings is 2. The zero-order valence-corrected chi connectivity index (χ0v) is 13.5. The molecular weight excluding hydrogens is 298 g/mol. The van der Waals surface area contributed by atoms with Gasteiger partial charge in [-0.3, -0.25) is 4.79 Å². The molecule has 0 saturated carbocycles. The SMILES string of the molecule is CCC(NC(=O)C(C)Oc1ccc(Cl)cc1)c1ccccc1. The van der Waals surface area contributed by atoms with Crippen molar-refractivity contribution in [3.63, 3.8) is 0 Å². The van der Waals surface area contributed by atoms with Crippen molar-refractivity contribution in [1.82, 2.24) is 5.32 Å². The van der Waals surface area contributed by atoms with Gasteiger partial charge in [-0.2, -0.15) is 0 Å². The lowest BCUT2D eigenvalue weighted by Gasteiger charge is -2.21. The third-order valence-electron chi connectivity index (χ3n) is 3.42. The molecule has 0 aromatic heterocycles. The first-order chi connectivity index (χ1) is 10.6. The molecular formula is C18H20ClNO2. The third-order valence-corrected chi connectivity index (χ3v) is 3.67. The van der Waals surface area contributed by atoms with Crippen molar-refractivity contribution in [2.24, 2.45) is 0 Å². The zero-order valence-electron chi connectivity index (χ0n) is 12.8. The van der Waals surface area contributed by atoms with Crippen LogP contribution in [-0.2, 0) is 4.79 Å². The summed E-state index contributed by atoms with van der Waals surface area (Å²) in [4.78, 5) is 12.3. The van der Waals surface area contributed by atoms with E-state index in [1.165, 1.54) is 0 Å². The Labute approximate surface area is 136 Å². The van der Waals surface area contributed by atoms with Gasteiger partial charge in [-0.1, -0.05) is 48.9 Å². The van der Waals surface area contributed by atoms with Crippen LogP contribution in [0.3, 0.4) is 0 Å². The summed E-state index contributed by atoms with van der Waals surface area (Å²) in [5, 5.41) is 3.66. The number of halogens is 1. The van der Waals surface area contributed by atoms with Gasteiger partial charge in [-0.25, -0.2) is 0 Å². The highest BCUT2D eigenvalue weighted by Gasteiger charge is 2.19. The van der Waals surface area contributed by atoms with E-state index in [1.807, 2.05) is 37.3 Å². The number of carbonyl (C=O) groups excluding carboxylic acids is 1. The standard InChI is InChI=1S/C18H20ClNO2/c1-3-17(14-7-5-4-6-8-14)20-18(21)13(2)22-16-11-9-15(19)10-12-16/h4-13,17H,3H2,1-2H3,(H,20,21). The average Bonchev–Trinajstić information content (AvgIpc) is 2.55. The third kappa shape index (κ3) is 4.50. The van der Waals surface area contributed by atoms with Crippen molar-refractivity contribution in [1.29, 1.82) is 0 Å². The van der Waals surface area contributed by atoms with Crippen molar-refractivity contribution in [3.05, 3.63) is 65.2 Å². The fourth-order valence-corrected chi connectivity index (χ4v) is 2.29. The molecule has 116 valence electrons. The number of nitrogens with one attached hydrogen (secondary N) is 1. The van der Waals surface area contributed by atoms with E-state index in [2.05, 4.69) is 5.32 Å². The van der Waals surface area contributed by atoms with E-state index in [0.717, 1.165) is 12.0 Å². The Balaban J connectivity index is 1.96. The topological polar surface area (TPSA) is 38.3 Å². The Bertz CT molecular complexity index is 598. The van der Waals surface area contributed by atoms with Gasteiger partial charge < -0.3 is 10.1 Å². The Hall–Kier alpha value is -2.00. The predicted octanol–water partition coefficient (Wildman–Crippen LogP) is 4.37. The van der Waals surface area contributed by atoms with Gasteiger partial charge in [0, 0.05) is 5.02 Å². The molecule has 0 aliphatic heterocycles. The van der Waals surface area contributed by atoms with Crippen LogP contribution in [0.5, 0.6) is 5.75 Å². The second kappa shape index (κ2) is 7.85. The van der Waals surface area contributed by atoms with E-state index in [-0.39, 0.29) is 11.9 Å². The van der Waals surface area contributed by atoms with E-state index < -0.39 is 6.10 Å². The van der Waals surface area contributed by atoms with Crippen LogP contribution < -0.4 is 10.1 Å². The molecule has 3 nitrogen and oxygen atoms in total. The fourth-order valence-electron chi connectivity index (χ4n) is 2.17. The summed E-state index contributed by atoms with van der Waals surface area (Å²) in [6, 6.07) is 16.9. The largest absolute Gasteiger partial charge is 0.481 e. The molecule has 2 aromatic rings. The first-order valence-corrected chi connectivity index (χ1v) is 7.75. The van der Waals surface area contributed by atoms with Crippen LogP contribution in [0.2, 0.25) is 5.02 Å². The van der Waals surface area contributed by atoms with Gasteiger partial charge in [-0.05, 0) is 43.2 Å². The highest BCUT2D eigenvalue weighted by molar-refractivity contribution is 6.30. The zero-order chi connectivity index (χ0) is 15.9. The minimum Gasteiger partial charge on any atom is -0.481 e. The van der Waals surface area contributed by atoms with Crippen molar-refractivity contribution < 1.29 is 9.53 Å². The minimum absolute atomic E-state index is 0.00929. The summed E-state index contributed by atoms with van der Waals surface area (Å²) < 4.78 is 5.64. The highest BCUT2D eigenvalue weighted by atomic mass is 35.5. The molecule has 2 rings (SSSR count). The Morgan fingerprint density at radius 3 is 2.36 bits per heavy atom. The quantitative estimate of drug-likeness (QED) is 0.859. The van der Waals surface area contributed by atoms with Gasteiger partial charge in [0.05, 0.1) is 6.04 Å². The van der Waals surface area contributed by atoms with Gasteiger partial charge >= 0.3 is 0 Å². The first-order valence-electron chi connectivity index (χ1n) is 7.37. The van der Waals surface area contributed by atoms with Gasteiger partial charge in [0.1, 0.15) is 5.75 Å². The lowest BCUT2D eigenvalue weighted by molar-refractivity contribution is -0.128. The van der Waals surface area contributed by atoms with Crippen LogP contribution in [0.15, 0.2) is 54.6 Å². The molecule has 0 heterocycles. The average molecular weight is 318 g/mol. The monoisotopic (exact) mass is 317 g/mol. The normalized spacial score (nSPS) is 13.2. The number of amides is 1. The number of rotatable bonds is 6. The lowest BCUT2D eigenvalue weighted by atomic mass is 10.0. The number of ether oxygens (including phenoxy) is 1. The molecule has 0 fully saturated rings. The molecule has 4 heteroatoms. The second-order valence-corrected chi connectivity index (χ2v) is 5.53. The number of hydrogen-bond donors (Lipinski definition) is 1. The summed E-state index contributed by atoms with van der Waals surface area (Å²) in [6.07, 6.45) is 0.252. The van der Waals surface area contributed by atoms with Gasteiger partial charge in [0.2, 0.25) is 0 Å². The number of hydrogen-bond acceptors (Lipinski definition) is 2. The van der Waals surface area contributed by atoms with Crippen LogP contribution >= 0.6 is 11.6 Å². The van der Waals surface area contributed by atoms with E-state index in [0.29, 0.717) is 10.8 Å². The molecule has 22 heavy (non-hydrogen) atoms. The molecule has 2 atom stereocenters. The van der Waals surface area contributed by atoms with Gasteiger partial charge in [0.25, 0.3) is 5.91 Å². The second-order valence-electron chi connectivity index (χ2n) is 5.09. The van der Waals surface area contributed by atoms with Crippen molar-refractivity contribution in [2.45, 2.75) is 32.4 Å². The first kappa shape index (κ1) is 16.4. The summed E-state index contributed by atoms with van der Waals surface area (Å²) >= 11 is 5.83. The summed E-state index contributed by atoms with van der Waals surface area (Å²) in [7, 11) is 0. The van der Waals surface area contributed by atoms with E-state index in [4.69, 9.17) is 16.3 Å². The van der Waals surface area contributed by atoms with E-state index in [1.54, 1.807) is 31.2 Å².